The topological polar surface area (TPSA) is 125 Å². The molecule has 1 fully saturated rings. The van der Waals surface area contributed by atoms with Crippen LogP contribution in [0.1, 0.15) is 35.1 Å². The Kier molecular flexibility index (Phi) is 8.07. The lowest BCUT2D eigenvalue weighted by Crippen LogP contribution is -2.50. The van der Waals surface area contributed by atoms with E-state index in [-0.39, 0.29) is 48.4 Å². The highest BCUT2D eigenvalue weighted by Gasteiger charge is 2.47. The minimum Gasteiger partial charge on any atom is -0.351 e. The number of amidine groups is 1. The molecule has 2 aliphatic heterocycles. The average molecular weight is 596 g/mol. The molecule has 2 heterocycles. The number of aliphatic imine (C=N–C) groups is 1. The molecule has 9 nitrogen and oxygen atoms in total. The van der Waals surface area contributed by atoms with E-state index < -0.39 is 33.0 Å². The van der Waals surface area contributed by atoms with Crippen LogP contribution in [0.4, 0.5) is 23.7 Å². The van der Waals surface area contributed by atoms with Gasteiger partial charge in [-0.3, -0.25) is 14.7 Å². The minimum absolute atomic E-state index is 0.0319. The lowest BCUT2D eigenvalue weighted by molar-refractivity contribution is -0.124. The number of halogens is 3. The lowest BCUT2D eigenvalue weighted by atomic mass is 9.89. The van der Waals surface area contributed by atoms with Gasteiger partial charge in [0.15, 0.2) is 0 Å². The quantitative estimate of drug-likeness (QED) is 0.486. The van der Waals surface area contributed by atoms with Gasteiger partial charge in [0, 0.05) is 41.7 Å². The lowest BCUT2D eigenvalue weighted by Gasteiger charge is -2.34. The second-order valence-electron chi connectivity index (χ2n) is 9.66. The third-order valence-corrected chi connectivity index (χ3v) is 9.22. The summed E-state index contributed by atoms with van der Waals surface area (Å²) in [7, 11) is -2.29. The largest absolute Gasteiger partial charge is 0.446 e. The zero-order chi connectivity index (χ0) is 29.5. The van der Waals surface area contributed by atoms with E-state index in [1.54, 1.807) is 39.1 Å². The van der Waals surface area contributed by atoms with E-state index in [1.165, 1.54) is 33.5 Å². The number of anilines is 1. The number of amides is 3. The predicted molar refractivity (Wildman–Crippen MR) is 148 cm³/mol. The van der Waals surface area contributed by atoms with Crippen molar-refractivity contribution in [2.45, 2.75) is 42.6 Å². The normalized spacial score (nSPS) is 17.8. The first-order chi connectivity index (χ1) is 18.6. The molecule has 0 unspecified atom stereocenters. The maximum absolute atomic E-state index is 13.1. The summed E-state index contributed by atoms with van der Waals surface area (Å²) < 4.78 is 65.8. The van der Waals surface area contributed by atoms with Crippen molar-refractivity contribution in [3.8, 4) is 0 Å². The van der Waals surface area contributed by atoms with Gasteiger partial charge in [0.1, 0.15) is 11.4 Å². The first-order valence-electron chi connectivity index (χ1n) is 12.2. The fraction of sp³-hybridized carbons (Fsp3) is 0.346. The van der Waals surface area contributed by atoms with Gasteiger partial charge < -0.3 is 11.1 Å². The summed E-state index contributed by atoms with van der Waals surface area (Å²) in [5, 5.41) is 3.78. The first kappa shape index (κ1) is 29.6. The smallest absolute Gasteiger partial charge is 0.351 e. The summed E-state index contributed by atoms with van der Waals surface area (Å²) in [6.07, 6.45) is 1.75. The van der Waals surface area contributed by atoms with Crippen molar-refractivity contribution in [2.24, 2.45) is 10.7 Å². The number of benzene rings is 2. The van der Waals surface area contributed by atoms with E-state index in [2.05, 4.69) is 10.3 Å². The number of alkyl halides is 3. The highest BCUT2D eigenvalue weighted by atomic mass is 32.2. The van der Waals surface area contributed by atoms with Gasteiger partial charge in [-0.2, -0.15) is 17.5 Å². The van der Waals surface area contributed by atoms with Crippen molar-refractivity contribution in [3.05, 3.63) is 64.1 Å². The monoisotopic (exact) mass is 595 g/mol. The number of aryl methyl sites for hydroxylation is 2. The van der Waals surface area contributed by atoms with Crippen molar-refractivity contribution in [3.63, 3.8) is 0 Å². The number of carbonyl (C=O) groups is 2. The van der Waals surface area contributed by atoms with Crippen LogP contribution >= 0.6 is 11.8 Å². The molecule has 1 spiro atoms. The summed E-state index contributed by atoms with van der Waals surface area (Å²) in [5.74, 6) is -0.238. The fourth-order valence-electron chi connectivity index (χ4n) is 4.72. The van der Waals surface area contributed by atoms with E-state index in [0.29, 0.717) is 16.8 Å². The van der Waals surface area contributed by atoms with Gasteiger partial charge in [-0.05, 0) is 85.5 Å². The molecule has 2 aromatic rings. The Balaban J connectivity index is 1.48. The molecule has 3 N–H and O–H groups in total. The highest BCUT2D eigenvalue weighted by molar-refractivity contribution is 8.00. The van der Waals surface area contributed by atoms with Gasteiger partial charge in [0.25, 0.3) is 5.91 Å². The number of primary amides is 1. The number of hydrogen-bond donors (Lipinski definition) is 2. The molecule has 0 radical (unpaired) electrons. The summed E-state index contributed by atoms with van der Waals surface area (Å²) in [4.78, 5) is 30.1. The molecule has 0 saturated carbocycles. The average Bonchev–Trinajstić information content (AvgIpc) is 3.17. The molecule has 14 heteroatoms. The number of sulfonamides is 1. The highest BCUT2D eigenvalue weighted by Crippen LogP contribution is 2.38. The minimum atomic E-state index is -4.45. The maximum atomic E-state index is 13.1. The van der Waals surface area contributed by atoms with Crippen LogP contribution in [-0.4, -0.2) is 61.7 Å². The van der Waals surface area contributed by atoms with Crippen LogP contribution in [0.25, 0.3) is 6.08 Å². The molecule has 2 aromatic carbocycles. The second kappa shape index (κ2) is 10.9. The molecule has 0 atom stereocenters. The second-order valence-corrected chi connectivity index (χ2v) is 12.6. The van der Waals surface area contributed by atoms with Crippen molar-refractivity contribution in [2.75, 3.05) is 25.0 Å². The molecule has 1 saturated heterocycles. The van der Waals surface area contributed by atoms with Crippen molar-refractivity contribution in [1.29, 1.82) is 0 Å². The Morgan fingerprint density at radius 2 is 1.80 bits per heavy atom. The molecule has 0 aromatic heterocycles. The number of nitrogens with zero attached hydrogens (tertiary/aromatic N) is 3. The van der Waals surface area contributed by atoms with E-state index in [4.69, 9.17) is 5.73 Å². The van der Waals surface area contributed by atoms with Gasteiger partial charge in [-0.25, -0.2) is 13.2 Å². The molecule has 0 aliphatic carbocycles. The SMILES string of the molecule is Cc1cc(N(C)C(N)=O)cc(C)c1C=CS(=O)(=O)N1CCC2(CC1)N=C(c1cccc(SC(F)(F)F)c1)NC2=O. The number of thioether (sulfide) groups is 1. The molecule has 3 amide bonds. The zero-order valence-corrected chi connectivity index (χ0v) is 23.6. The Morgan fingerprint density at radius 3 is 2.38 bits per heavy atom. The van der Waals surface area contributed by atoms with Gasteiger partial charge in [0.05, 0.1) is 0 Å². The molecule has 2 aliphatic rings. The number of urea groups is 1. The molecule has 40 heavy (non-hydrogen) atoms. The summed E-state index contributed by atoms with van der Waals surface area (Å²) in [6, 6.07) is 8.50. The number of piperidine rings is 1. The number of carbonyl (C=O) groups excluding carboxylic acids is 2. The van der Waals surface area contributed by atoms with Gasteiger partial charge >= 0.3 is 11.5 Å². The summed E-state index contributed by atoms with van der Waals surface area (Å²) in [6.45, 7) is 3.68. The van der Waals surface area contributed by atoms with Crippen LogP contribution in [0, 0.1) is 13.8 Å². The third-order valence-electron chi connectivity index (χ3n) is 6.93. The standard InChI is InChI=1S/C26H28F3N5O4S2/c1-16-13-19(33(3)24(30)36)14-17(2)21(16)7-12-40(37,38)34-10-8-25(9-11-34)23(35)31-22(32-25)18-5-4-6-20(15-18)39-26(27,28)29/h4-7,12-15H,8-11H2,1-3H3,(H2,30,36)(H,31,32,35). The Morgan fingerprint density at radius 1 is 1.18 bits per heavy atom. The van der Waals surface area contributed by atoms with Crippen LogP contribution in [0.3, 0.4) is 0 Å². The first-order valence-corrected chi connectivity index (χ1v) is 14.5. The fourth-order valence-corrected chi connectivity index (χ4v) is 6.49. The Bertz CT molecular complexity index is 1490. The molecular formula is C26H28F3N5O4S2. The maximum Gasteiger partial charge on any atom is 0.446 e. The van der Waals surface area contributed by atoms with E-state index in [9.17, 15) is 31.2 Å². The van der Waals surface area contributed by atoms with Crippen molar-refractivity contribution < 1.29 is 31.2 Å². The van der Waals surface area contributed by atoms with E-state index in [0.717, 1.165) is 16.5 Å². The van der Waals surface area contributed by atoms with Gasteiger partial charge in [0.2, 0.25) is 10.0 Å². The zero-order valence-electron chi connectivity index (χ0n) is 21.9. The van der Waals surface area contributed by atoms with Crippen LogP contribution in [0.5, 0.6) is 0 Å². The Labute approximate surface area is 234 Å². The van der Waals surface area contributed by atoms with Crippen LogP contribution < -0.4 is 16.0 Å². The van der Waals surface area contributed by atoms with Crippen LogP contribution in [-0.2, 0) is 14.8 Å². The van der Waals surface area contributed by atoms with Crippen LogP contribution in [0.2, 0.25) is 0 Å². The summed E-state index contributed by atoms with van der Waals surface area (Å²) in [5.41, 5.74) is 2.84. The number of hydrogen-bond acceptors (Lipinski definition) is 6. The molecule has 4 rings (SSSR count). The van der Waals surface area contributed by atoms with Crippen LogP contribution in [0.15, 0.2) is 51.7 Å². The Hall–Kier alpha value is -3.36. The molecular weight excluding hydrogens is 567 g/mol. The third kappa shape index (κ3) is 6.34. The van der Waals surface area contributed by atoms with Crippen molar-refractivity contribution >= 4 is 51.3 Å². The van der Waals surface area contributed by atoms with Crippen molar-refractivity contribution in [1.82, 2.24) is 9.62 Å². The number of nitrogens with two attached hydrogens (primary N) is 1. The summed E-state index contributed by atoms with van der Waals surface area (Å²) >= 11 is -0.256. The van der Waals surface area contributed by atoms with E-state index in [1.807, 2.05) is 0 Å². The molecule has 214 valence electrons. The predicted octanol–water partition coefficient (Wildman–Crippen LogP) is 4.14. The van der Waals surface area contributed by atoms with E-state index >= 15 is 0 Å². The van der Waals surface area contributed by atoms with Gasteiger partial charge in [-0.15, -0.1) is 0 Å². The number of nitrogens with one attached hydrogen (secondary N) is 1. The number of rotatable bonds is 6. The molecule has 0 bridgehead atoms. The van der Waals surface area contributed by atoms with Gasteiger partial charge in [-0.1, -0.05) is 12.1 Å².